The fourth-order valence-corrected chi connectivity index (χ4v) is 3.12. The maximum Gasteiger partial charge on any atom is 0.339 e. The lowest BCUT2D eigenvalue weighted by atomic mass is 9.89. The molecule has 30 heavy (non-hydrogen) atoms. The van der Waals surface area contributed by atoms with E-state index in [1.54, 1.807) is 49.4 Å². The number of ether oxygens (including phenoxy) is 2. The number of cyclic esters (lactones) is 1. The topological polar surface area (TPSA) is 111 Å². The van der Waals surface area contributed by atoms with Crippen LogP contribution in [0.2, 0.25) is 0 Å². The number of amides is 2. The monoisotopic (exact) mass is 410 g/mol. The second-order valence-electron chi connectivity index (χ2n) is 7.13. The third-order valence-electron chi connectivity index (χ3n) is 4.80. The summed E-state index contributed by atoms with van der Waals surface area (Å²) in [5, 5.41) is 5.21. The first-order valence-corrected chi connectivity index (χ1v) is 9.36. The van der Waals surface area contributed by atoms with Crippen LogP contribution in [-0.4, -0.2) is 43.0 Å². The second kappa shape index (κ2) is 8.77. The fraction of sp³-hybridized carbons (Fsp3) is 0.273. The van der Waals surface area contributed by atoms with E-state index in [2.05, 4.69) is 15.4 Å². The zero-order chi connectivity index (χ0) is 21.7. The molecule has 0 fully saturated rings. The molecule has 1 atom stereocenters. The number of benzene rings is 2. The minimum absolute atomic E-state index is 0.0807. The lowest BCUT2D eigenvalue weighted by molar-refractivity contribution is -0.141. The Bertz CT molecular complexity index is 985. The van der Waals surface area contributed by atoms with Crippen molar-refractivity contribution in [2.45, 2.75) is 25.4 Å². The molecule has 2 aromatic carbocycles. The molecule has 8 heteroatoms. The summed E-state index contributed by atoms with van der Waals surface area (Å²) in [5.74, 6) is -1.81. The van der Waals surface area contributed by atoms with E-state index in [-0.39, 0.29) is 25.3 Å². The van der Waals surface area contributed by atoms with Crippen LogP contribution in [0.25, 0.3) is 0 Å². The highest BCUT2D eigenvalue weighted by Crippen LogP contribution is 2.29. The normalized spacial score (nSPS) is 17.3. The molecule has 0 saturated carbocycles. The minimum Gasteiger partial charge on any atom is -0.468 e. The number of anilines is 1. The SMILES string of the molecule is COC(=O)CNC(=O)Cc1ccc(NC(=O)C2(C)Cc3ccccc3C(=O)O2)cc1. The molecule has 0 aliphatic carbocycles. The standard InChI is InChI=1S/C22H22N2O6/c1-22(12-15-5-3-4-6-17(15)20(27)30-22)21(28)24-16-9-7-14(8-10-16)11-18(25)23-13-19(26)29-2/h3-10H,11-13H2,1-2H3,(H,23,25)(H,24,28). The van der Waals surface area contributed by atoms with Gasteiger partial charge >= 0.3 is 11.9 Å². The van der Waals surface area contributed by atoms with Gasteiger partial charge in [-0.25, -0.2) is 4.79 Å². The smallest absolute Gasteiger partial charge is 0.339 e. The van der Waals surface area contributed by atoms with Gasteiger partial charge < -0.3 is 20.1 Å². The first kappa shape index (κ1) is 21.0. The number of rotatable bonds is 6. The van der Waals surface area contributed by atoms with Crippen molar-refractivity contribution in [3.8, 4) is 0 Å². The van der Waals surface area contributed by atoms with Crippen LogP contribution in [0.3, 0.4) is 0 Å². The van der Waals surface area contributed by atoms with Crippen LogP contribution in [0.5, 0.6) is 0 Å². The average molecular weight is 410 g/mol. The van der Waals surface area contributed by atoms with Crippen LogP contribution in [-0.2, 0) is 36.7 Å². The van der Waals surface area contributed by atoms with Gasteiger partial charge in [-0.05, 0) is 36.2 Å². The average Bonchev–Trinajstić information content (AvgIpc) is 2.73. The summed E-state index contributed by atoms with van der Waals surface area (Å²) in [6, 6.07) is 13.7. The molecule has 0 radical (unpaired) electrons. The molecule has 0 aromatic heterocycles. The molecule has 2 amide bonds. The molecule has 1 aliphatic heterocycles. The number of carbonyl (C=O) groups is 4. The van der Waals surface area contributed by atoms with Crippen molar-refractivity contribution in [1.82, 2.24) is 5.32 Å². The Labute approximate surface area is 173 Å². The van der Waals surface area contributed by atoms with Crippen molar-refractivity contribution in [3.63, 3.8) is 0 Å². The maximum absolute atomic E-state index is 12.8. The summed E-state index contributed by atoms with van der Waals surface area (Å²) in [6.07, 6.45) is 0.358. The number of esters is 2. The third-order valence-corrected chi connectivity index (χ3v) is 4.80. The summed E-state index contributed by atoms with van der Waals surface area (Å²) < 4.78 is 9.89. The Kier molecular flexibility index (Phi) is 6.15. The molecule has 1 aliphatic rings. The summed E-state index contributed by atoms with van der Waals surface area (Å²) >= 11 is 0. The van der Waals surface area contributed by atoms with E-state index >= 15 is 0 Å². The van der Waals surface area contributed by atoms with Gasteiger partial charge in [-0.1, -0.05) is 30.3 Å². The maximum atomic E-state index is 12.8. The quantitative estimate of drug-likeness (QED) is 0.701. The zero-order valence-corrected chi connectivity index (χ0v) is 16.7. The van der Waals surface area contributed by atoms with Gasteiger partial charge in [-0.15, -0.1) is 0 Å². The molecule has 1 unspecified atom stereocenters. The highest BCUT2D eigenvalue weighted by Gasteiger charge is 2.42. The number of methoxy groups -OCH3 is 1. The Morgan fingerprint density at radius 2 is 1.80 bits per heavy atom. The number of fused-ring (bicyclic) bond motifs is 1. The van der Waals surface area contributed by atoms with Crippen LogP contribution in [0.15, 0.2) is 48.5 Å². The van der Waals surface area contributed by atoms with Gasteiger partial charge in [0.2, 0.25) is 5.91 Å². The second-order valence-corrected chi connectivity index (χ2v) is 7.13. The Morgan fingerprint density at radius 3 is 2.50 bits per heavy atom. The van der Waals surface area contributed by atoms with Crippen molar-refractivity contribution >= 4 is 29.4 Å². The Hall–Kier alpha value is -3.68. The van der Waals surface area contributed by atoms with Crippen LogP contribution in [0.4, 0.5) is 5.69 Å². The van der Waals surface area contributed by atoms with E-state index in [4.69, 9.17) is 4.74 Å². The fourth-order valence-electron chi connectivity index (χ4n) is 3.12. The molecular weight excluding hydrogens is 388 g/mol. The van der Waals surface area contributed by atoms with Gasteiger partial charge in [0, 0.05) is 12.1 Å². The lowest BCUT2D eigenvalue weighted by Crippen LogP contribution is -2.48. The van der Waals surface area contributed by atoms with Gasteiger partial charge in [0.15, 0.2) is 5.60 Å². The molecule has 1 heterocycles. The zero-order valence-electron chi connectivity index (χ0n) is 16.7. The number of carbonyl (C=O) groups excluding carboxylic acids is 4. The van der Waals surface area contributed by atoms with Crippen LogP contribution < -0.4 is 10.6 Å². The summed E-state index contributed by atoms with van der Waals surface area (Å²) in [5.41, 5.74) is 1.13. The van der Waals surface area contributed by atoms with E-state index in [9.17, 15) is 19.2 Å². The number of nitrogens with one attached hydrogen (secondary N) is 2. The van der Waals surface area contributed by atoms with E-state index in [0.717, 1.165) is 5.56 Å². The van der Waals surface area contributed by atoms with Crippen molar-refractivity contribution in [1.29, 1.82) is 0 Å². The molecule has 0 saturated heterocycles. The van der Waals surface area contributed by atoms with Crippen molar-refractivity contribution < 1.29 is 28.7 Å². The van der Waals surface area contributed by atoms with Gasteiger partial charge in [-0.2, -0.15) is 0 Å². The lowest BCUT2D eigenvalue weighted by Gasteiger charge is -2.33. The predicted molar refractivity (Wildman–Crippen MR) is 108 cm³/mol. The highest BCUT2D eigenvalue weighted by atomic mass is 16.6. The van der Waals surface area contributed by atoms with Crippen molar-refractivity contribution in [2.75, 3.05) is 19.0 Å². The van der Waals surface area contributed by atoms with Gasteiger partial charge in [0.1, 0.15) is 6.54 Å². The first-order valence-electron chi connectivity index (χ1n) is 9.36. The molecule has 8 nitrogen and oxygen atoms in total. The number of hydrogen-bond donors (Lipinski definition) is 2. The number of hydrogen-bond acceptors (Lipinski definition) is 6. The van der Waals surface area contributed by atoms with Gasteiger partial charge in [-0.3, -0.25) is 14.4 Å². The largest absolute Gasteiger partial charge is 0.468 e. The summed E-state index contributed by atoms with van der Waals surface area (Å²) in [6.45, 7) is 1.39. The molecule has 156 valence electrons. The Balaban J connectivity index is 1.60. The molecule has 0 spiro atoms. The third kappa shape index (κ3) is 4.83. The van der Waals surface area contributed by atoms with Crippen LogP contribution in [0.1, 0.15) is 28.4 Å². The first-order chi connectivity index (χ1) is 14.3. The van der Waals surface area contributed by atoms with E-state index in [1.807, 2.05) is 6.07 Å². The van der Waals surface area contributed by atoms with Gasteiger partial charge in [0.05, 0.1) is 19.1 Å². The van der Waals surface area contributed by atoms with E-state index in [1.165, 1.54) is 7.11 Å². The molecule has 2 N–H and O–H groups in total. The van der Waals surface area contributed by atoms with Crippen LogP contribution >= 0.6 is 0 Å². The minimum atomic E-state index is -1.32. The Morgan fingerprint density at radius 1 is 1.10 bits per heavy atom. The van der Waals surface area contributed by atoms with Gasteiger partial charge in [0.25, 0.3) is 5.91 Å². The highest BCUT2D eigenvalue weighted by molar-refractivity contribution is 6.02. The van der Waals surface area contributed by atoms with E-state index in [0.29, 0.717) is 16.8 Å². The molecule has 0 bridgehead atoms. The summed E-state index contributed by atoms with van der Waals surface area (Å²) in [7, 11) is 1.25. The van der Waals surface area contributed by atoms with Crippen LogP contribution in [0, 0.1) is 0 Å². The predicted octanol–water partition coefficient (Wildman–Crippen LogP) is 1.63. The molecule has 2 aromatic rings. The molecular formula is C22H22N2O6. The van der Waals surface area contributed by atoms with Crippen molar-refractivity contribution in [2.24, 2.45) is 0 Å². The van der Waals surface area contributed by atoms with E-state index < -0.39 is 23.4 Å². The van der Waals surface area contributed by atoms with Crippen molar-refractivity contribution in [3.05, 3.63) is 65.2 Å². The molecule has 3 rings (SSSR count). The summed E-state index contributed by atoms with van der Waals surface area (Å²) in [4.78, 5) is 47.9.